The molecule has 1 amide bonds. The summed E-state index contributed by atoms with van der Waals surface area (Å²) in [5.41, 5.74) is 2.28. The summed E-state index contributed by atoms with van der Waals surface area (Å²) in [4.78, 5) is 29.1. The van der Waals surface area contributed by atoms with Gasteiger partial charge in [0.15, 0.2) is 11.6 Å². The minimum absolute atomic E-state index is 0.0261. The van der Waals surface area contributed by atoms with Crippen molar-refractivity contribution in [3.63, 3.8) is 0 Å². The van der Waals surface area contributed by atoms with Crippen LogP contribution in [0.5, 0.6) is 0 Å². The van der Waals surface area contributed by atoms with Gasteiger partial charge in [0.05, 0.1) is 27.4 Å². The Bertz CT molecular complexity index is 1020. The Morgan fingerprint density at radius 2 is 2.18 bits per heavy atom. The minimum atomic E-state index is -0.454. The highest BCUT2D eigenvalue weighted by molar-refractivity contribution is 7.18. The van der Waals surface area contributed by atoms with Crippen LogP contribution < -0.4 is 10.2 Å². The fraction of sp³-hybridized carbons (Fsp3) is 0.300. The number of hydrogen-bond donors (Lipinski definition) is 2. The molecule has 0 bridgehead atoms. The van der Waals surface area contributed by atoms with E-state index in [1.54, 1.807) is 17.4 Å². The molecular formula is C20H21N4O3S+. The monoisotopic (exact) mass is 397 g/mol. The number of non-ortho nitro benzene ring substituents is 1. The number of rotatable bonds is 5. The van der Waals surface area contributed by atoms with E-state index in [1.807, 2.05) is 25.1 Å². The molecule has 0 saturated carbocycles. The van der Waals surface area contributed by atoms with Crippen LogP contribution >= 0.6 is 11.3 Å². The van der Waals surface area contributed by atoms with E-state index in [9.17, 15) is 14.9 Å². The molecule has 3 aromatic rings. The Kier molecular flexibility index (Phi) is 5.06. The molecule has 1 saturated heterocycles. The highest BCUT2D eigenvalue weighted by atomic mass is 32.1. The molecule has 1 fully saturated rings. The van der Waals surface area contributed by atoms with E-state index in [1.165, 1.54) is 21.7 Å². The molecule has 2 atom stereocenters. The number of carbonyl (C=O) groups excluding carboxylic acids is 1. The number of amides is 1. The first-order valence-electron chi connectivity index (χ1n) is 9.26. The number of aryl methyl sites for hydroxylation is 1. The number of quaternary nitrogens is 1. The average Bonchev–Trinajstić information content (AvgIpc) is 3.29. The maximum atomic E-state index is 12.6. The largest absolute Gasteiger partial charge is 0.321 e. The fourth-order valence-electron chi connectivity index (χ4n) is 3.72. The molecule has 1 aliphatic rings. The molecule has 28 heavy (non-hydrogen) atoms. The summed E-state index contributed by atoms with van der Waals surface area (Å²) in [6, 6.07) is 12.8. The molecule has 1 aromatic heterocycles. The number of thiazole rings is 1. The van der Waals surface area contributed by atoms with Gasteiger partial charge in [-0.2, -0.15) is 0 Å². The fourth-order valence-corrected chi connectivity index (χ4v) is 4.88. The second-order valence-corrected chi connectivity index (χ2v) is 8.17. The number of anilines is 1. The lowest BCUT2D eigenvalue weighted by Crippen LogP contribution is -3.11. The first-order valence-corrected chi connectivity index (χ1v) is 10.1. The number of carbonyl (C=O) groups is 1. The van der Waals surface area contributed by atoms with Gasteiger partial charge in [0.2, 0.25) is 0 Å². The summed E-state index contributed by atoms with van der Waals surface area (Å²) < 4.78 is 1.17. The molecule has 1 unspecified atom stereocenters. The number of nitro benzene ring substituents is 1. The summed E-state index contributed by atoms with van der Waals surface area (Å²) in [5, 5.41) is 14.9. The van der Waals surface area contributed by atoms with Crippen LogP contribution in [0.25, 0.3) is 10.2 Å². The lowest BCUT2D eigenvalue weighted by atomic mass is 10.2. The van der Waals surface area contributed by atoms with Crippen molar-refractivity contribution in [2.24, 2.45) is 0 Å². The van der Waals surface area contributed by atoms with Crippen LogP contribution in [0.4, 0.5) is 11.4 Å². The number of nitro groups is 1. The van der Waals surface area contributed by atoms with Crippen LogP contribution in [0.3, 0.4) is 0 Å². The van der Waals surface area contributed by atoms with Gasteiger partial charge in [-0.05, 0) is 24.6 Å². The van der Waals surface area contributed by atoms with E-state index in [4.69, 9.17) is 4.98 Å². The third kappa shape index (κ3) is 3.74. The van der Waals surface area contributed by atoms with Crippen LogP contribution in [-0.4, -0.2) is 28.9 Å². The minimum Gasteiger partial charge on any atom is -0.321 e. The second-order valence-electron chi connectivity index (χ2n) is 7.10. The molecule has 144 valence electrons. The highest BCUT2D eigenvalue weighted by Gasteiger charge is 2.34. The van der Waals surface area contributed by atoms with Crippen LogP contribution in [-0.2, 0) is 4.79 Å². The molecule has 2 aromatic carbocycles. The van der Waals surface area contributed by atoms with E-state index < -0.39 is 4.92 Å². The van der Waals surface area contributed by atoms with Gasteiger partial charge < -0.3 is 10.2 Å². The van der Waals surface area contributed by atoms with Crippen molar-refractivity contribution >= 4 is 38.8 Å². The van der Waals surface area contributed by atoms with Crippen molar-refractivity contribution in [2.75, 3.05) is 18.4 Å². The molecule has 0 radical (unpaired) electrons. The lowest BCUT2D eigenvalue weighted by Gasteiger charge is -2.19. The molecule has 8 heteroatoms. The number of nitrogens with zero attached hydrogens (tertiary/aromatic N) is 2. The van der Waals surface area contributed by atoms with Gasteiger partial charge in [-0.25, -0.2) is 4.98 Å². The van der Waals surface area contributed by atoms with Gasteiger partial charge >= 0.3 is 0 Å². The molecule has 2 N–H and O–H groups in total. The highest BCUT2D eigenvalue weighted by Crippen LogP contribution is 2.28. The maximum absolute atomic E-state index is 12.6. The van der Waals surface area contributed by atoms with E-state index in [2.05, 4.69) is 11.4 Å². The van der Waals surface area contributed by atoms with Crippen molar-refractivity contribution in [3.8, 4) is 0 Å². The topological polar surface area (TPSA) is 89.6 Å². The van der Waals surface area contributed by atoms with Gasteiger partial charge in [0.25, 0.3) is 11.6 Å². The Morgan fingerprint density at radius 1 is 1.36 bits per heavy atom. The quantitative estimate of drug-likeness (QED) is 0.512. The number of hydrogen-bond acceptors (Lipinski definition) is 5. The zero-order valence-corrected chi connectivity index (χ0v) is 16.3. The van der Waals surface area contributed by atoms with E-state index >= 15 is 0 Å². The van der Waals surface area contributed by atoms with Gasteiger partial charge in [-0.1, -0.05) is 18.2 Å². The number of para-hydroxylation sites is 1. The summed E-state index contributed by atoms with van der Waals surface area (Å²) >= 11 is 1.70. The van der Waals surface area contributed by atoms with Crippen LogP contribution in [0.15, 0.2) is 42.5 Å². The third-order valence-corrected chi connectivity index (χ3v) is 6.34. The van der Waals surface area contributed by atoms with Crippen LogP contribution in [0.1, 0.15) is 29.5 Å². The zero-order chi connectivity index (χ0) is 19.7. The molecule has 0 spiro atoms. The molecule has 0 aliphatic carbocycles. The second kappa shape index (κ2) is 7.65. The maximum Gasteiger partial charge on any atom is 0.279 e. The van der Waals surface area contributed by atoms with Crippen molar-refractivity contribution < 1.29 is 14.6 Å². The predicted octanol–water partition coefficient (Wildman–Crippen LogP) is 2.87. The van der Waals surface area contributed by atoms with E-state index in [0.717, 1.165) is 35.5 Å². The van der Waals surface area contributed by atoms with Crippen LogP contribution in [0, 0.1) is 17.0 Å². The van der Waals surface area contributed by atoms with Gasteiger partial charge in [-0.3, -0.25) is 14.9 Å². The molecule has 2 heterocycles. The van der Waals surface area contributed by atoms with Crippen molar-refractivity contribution in [1.82, 2.24) is 4.98 Å². The molecular weight excluding hydrogens is 376 g/mol. The summed E-state index contributed by atoms with van der Waals surface area (Å²) in [6.07, 6.45) is 2.07. The average molecular weight is 397 g/mol. The van der Waals surface area contributed by atoms with E-state index in [-0.39, 0.29) is 17.6 Å². The normalized spacial score (nSPS) is 19.0. The Labute approximate surface area is 166 Å². The molecule has 4 rings (SSSR count). The SMILES string of the molecule is Cc1ccc([N+](=O)[O-])cc1NC(=O)C[NH+]1CCC[C@@H]1c1nc2ccccc2s1. The summed E-state index contributed by atoms with van der Waals surface area (Å²) in [7, 11) is 0. The van der Waals surface area contributed by atoms with Gasteiger partial charge in [-0.15, -0.1) is 11.3 Å². The van der Waals surface area contributed by atoms with Gasteiger partial charge in [0.1, 0.15) is 6.04 Å². The van der Waals surface area contributed by atoms with Gasteiger partial charge in [0, 0.05) is 25.0 Å². The Balaban J connectivity index is 1.48. The number of nitrogens with one attached hydrogen (secondary N) is 2. The lowest BCUT2D eigenvalue weighted by molar-refractivity contribution is -0.910. The first kappa shape index (κ1) is 18.5. The molecule has 7 nitrogen and oxygen atoms in total. The first-order chi connectivity index (χ1) is 13.5. The van der Waals surface area contributed by atoms with Crippen molar-refractivity contribution in [2.45, 2.75) is 25.8 Å². The smallest absolute Gasteiger partial charge is 0.279 e. The summed E-state index contributed by atoms with van der Waals surface area (Å²) in [6.45, 7) is 3.07. The predicted molar refractivity (Wildman–Crippen MR) is 109 cm³/mol. The number of benzene rings is 2. The Hall–Kier alpha value is -2.84. The number of fused-ring (bicyclic) bond motifs is 1. The summed E-state index contributed by atoms with van der Waals surface area (Å²) in [5.74, 6) is -0.133. The molecule has 1 aliphatic heterocycles. The van der Waals surface area contributed by atoms with E-state index in [0.29, 0.717) is 12.2 Å². The third-order valence-electron chi connectivity index (χ3n) is 5.19. The van der Waals surface area contributed by atoms with Crippen LogP contribution in [0.2, 0.25) is 0 Å². The number of likely N-dealkylation sites (tertiary alicyclic amines) is 1. The number of aromatic nitrogens is 1. The Morgan fingerprint density at radius 3 is 2.96 bits per heavy atom. The zero-order valence-electron chi connectivity index (χ0n) is 15.5. The van der Waals surface area contributed by atoms with Crippen molar-refractivity contribution in [3.05, 3.63) is 63.1 Å². The standard InChI is InChI=1S/C20H20N4O3S/c1-13-8-9-14(24(26)27)11-16(13)21-19(25)12-23-10-4-6-17(23)20-22-15-5-2-3-7-18(15)28-20/h2-3,5,7-9,11,17H,4,6,10,12H2,1H3,(H,21,25)/p+1/t17-/m1/s1. The van der Waals surface area contributed by atoms with Crippen molar-refractivity contribution in [1.29, 1.82) is 0 Å².